The molecule has 0 bridgehead atoms. The van der Waals surface area contributed by atoms with Crippen LogP contribution in [-0.4, -0.2) is 28.5 Å². The van der Waals surface area contributed by atoms with Gasteiger partial charge in [0.05, 0.1) is 10.9 Å². The molecule has 72 valence electrons. The van der Waals surface area contributed by atoms with Crippen LogP contribution in [0.25, 0.3) is 0 Å². The minimum Gasteiger partial charge on any atom is -0.392 e. The van der Waals surface area contributed by atoms with Crippen molar-refractivity contribution in [3.05, 3.63) is 0 Å². The van der Waals surface area contributed by atoms with Crippen molar-refractivity contribution < 1.29 is 9.90 Å². The van der Waals surface area contributed by atoms with Gasteiger partial charge in [0.1, 0.15) is 0 Å². The third-order valence-electron chi connectivity index (χ3n) is 1.41. The maximum absolute atomic E-state index is 11.2. The summed E-state index contributed by atoms with van der Waals surface area (Å²) < 4.78 is 0. The molecule has 0 aromatic heterocycles. The Morgan fingerprint density at radius 3 is 2.33 bits per heavy atom. The van der Waals surface area contributed by atoms with Gasteiger partial charge in [-0.05, 0) is 12.8 Å². The monoisotopic (exact) mass is 237 g/mol. The Kier molecular flexibility index (Phi) is 5.50. The van der Waals surface area contributed by atoms with Crippen LogP contribution in [0.5, 0.6) is 0 Å². The van der Waals surface area contributed by atoms with Crippen LogP contribution in [0.1, 0.15) is 20.8 Å². The van der Waals surface area contributed by atoms with E-state index in [1.807, 2.05) is 13.8 Å². The predicted octanol–water partition coefficient (Wildman–Crippen LogP) is 0.903. The lowest BCUT2D eigenvalue weighted by molar-refractivity contribution is -0.121. The summed E-state index contributed by atoms with van der Waals surface area (Å²) in [7, 11) is 0. The Balaban J connectivity index is 3.72. The highest BCUT2D eigenvalue weighted by atomic mass is 79.9. The van der Waals surface area contributed by atoms with E-state index >= 15 is 0 Å². The second kappa shape index (κ2) is 5.54. The highest BCUT2D eigenvalue weighted by molar-refractivity contribution is 9.10. The topological polar surface area (TPSA) is 49.3 Å². The summed E-state index contributed by atoms with van der Waals surface area (Å²) in [5, 5.41) is 11.5. The number of carbonyl (C=O) groups excluding carboxylic acids is 1. The van der Waals surface area contributed by atoms with E-state index in [-0.39, 0.29) is 16.7 Å². The highest BCUT2D eigenvalue weighted by Crippen LogP contribution is 2.11. The van der Waals surface area contributed by atoms with Gasteiger partial charge >= 0.3 is 0 Å². The van der Waals surface area contributed by atoms with E-state index in [0.717, 1.165) is 0 Å². The average molecular weight is 238 g/mol. The number of carbonyl (C=O) groups is 1. The second-order valence-electron chi connectivity index (χ2n) is 3.24. The first-order chi connectivity index (χ1) is 5.45. The van der Waals surface area contributed by atoms with Crippen LogP contribution in [0.3, 0.4) is 0 Å². The molecular weight excluding hydrogens is 222 g/mol. The highest BCUT2D eigenvalue weighted by Gasteiger charge is 2.17. The largest absolute Gasteiger partial charge is 0.392 e. The molecule has 0 saturated carbocycles. The zero-order chi connectivity index (χ0) is 9.72. The number of amides is 1. The second-order valence-corrected chi connectivity index (χ2v) is 4.23. The molecule has 2 atom stereocenters. The normalized spacial score (nSPS) is 15.8. The summed E-state index contributed by atoms with van der Waals surface area (Å²) in [6.45, 7) is 5.87. The standard InChI is InChI=1S/C8H16BrNO2/c1-5(2)7(9)8(12)10-4-6(3)11/h5-7,11H,4H2,1-3H3,(H,10,12)/t6-,7?/m1/s1. The van der Waals surface area contributed by atoms with Crippen molar-refractivity contribution in [2.24, 2.45) is 5.92 Å². The van der Waals surface area contributed by atoms with E-state index in [1.165, 1.54) is 0 Å². The van der Waals surface area contributed by atoms with E-state index in [2.05, 4.69) is 21.2 Å². The van der Waals surface area contributed by atoms with Crippen LogP contribution < -0.4 is 5.32 Å². The number of aliphatic hydroxyl groups is 1. The summed E-state index contributed by atoms with van der Waals surface area (Å²) in [4.78, 5) is 11.0. The number of hydrogen-bond donors (Lipinski definition) is 2. The fraction of sp³-hybridized carbons (Fsp3) is 0.875. The van der Waals surface area contributed by atoms with Crippen molar-refractivity contribution in [3.8, 4) is 0 Å². The molecule has 0 aliphatic rings. The van der Waals surface area contributed by atoms with Crippen LogP contribution in [0.2, 0.25) is 0 Å². The minimum atomic E-state index is -0.485. The Morgan fingerprint density at radius 1 is 1.50 bits per heavy atom. The molecule has 0 fully saturated rings. The van der Waals surface area contributed by atoms with Gasteiger partial charge in [0.25, 0.3) is 0 Å². The third kappa shape index (κ3) is 4.72. The summed E-state index contributed by atoms with van der Waals surface area (Å²) in [6.07, 6.45) is -0.485. The SMILES string of the molecule is CC(C)C(Br)C(=O)NC[C@@H](C)O. The molecule has 0 saturated heterocycles. The number of nitrogens with one attached hydrogen (secondary N) is 1. The Labute approximate surface area is 81.7 Å². The summed E-state index contributed by atoms with van der Waals surface area (Å²) in [5.74, 6) is 0.199. The first-order valence-electron chi connectivity index (χ1n) is 4.05. The average Bonchev–Trinajstić information content (AvgIpc) is 1.98. The lowest BCUT2D eigenvalue weighted by atomic mass is 10.1. The molecular formula is C8H16BrNO2. The van der Waals surface area contributed by atoms with Crippen molar-refractivity contribution in [1.82, 2.24) is 5.32 Å². The van der Waals surface area contributed by atoms with Gasteiger partial charge in [-0.15, -0.1) is 0 Å². The van der Waals surface area contributed by atoms with Gasteiger partial charge in [0, 0.05) is 6.54 Å². The van der Waals surface area contributed by atoms with Gasteiger partial charge in [-0.1, -0.05) is 29.8 Å². The number of hydrogen-bond acceptors (Lipinski definition) is 2. The molecule has 3 nitrogen and oxygen atoms in total. The number of aliphatic hydroxyl groups excluding tert-OH is 1. The molecule has 2 N–H and O–H groups in total. The lowest BCUT2D eigenvalue weighted by Crippen LogP contribution is -2.37. The van der Waals surface area contributed by atoms with Gasteiger partial charge < -0.3 is 10.4 Å². The van der Waals surface area contributed by atoms with E-state index in [1.54, 1.807) is 6.92 Å². The maximum Gasteiger partial charge on any atom is 0.234 e. The molecule has 0 radical (unpaired) electrons. The molecule has 0 rings (SSSR count). The summed E-state index contributed by atoms with van der Waals surface area (Å²) in [5.41, 5.74) is 0. The van der Waals surface area contributed by atoms with Crippen molar-refractivity contribution in [2.45, 2.75) is 31.7 Å². The Bertz CT molecular complexity index is 148. The molecule has 0 heterocycles. The fourth-order valence-corrected chi connectivity index (χ4v) is 0.810. The van der Waals surface area contributed by atoms with Crippen molar-refractivity contribution >= 4 is 21.8 Å². The molecule has 0 aromatic carbocycles. The van der Waals surface area contributed by atoms with Crippen LogP contribution in [-0.2, 0) is 4.79 Å². The quantitative estimate of drug-likeness (QED) is 0.715. The number of rotatable bonds is 4. The van der Waals surface area contributed by atoms with Crippen LogP contribution in [0.15, 0.2) is 0 Å². The van der Waals surface area contributed by atoms with Crippen LogP contribution in [0.4, 0.5) is 0 Å². The van der Waals surface area contributed by atoms with Gasteiger partial charge in [-0.2, -0.15) is 0 Å². The smallest absolute Gasteiger partial charge is 0.234 e. The first-order valence-corrected chi connectivity index (χ1v) is 4.96. The van der Waals surface area contributed by atoms with Crippen LogP contribution in [0, 0.1) is 5.92 Å². The van der Waals surface area contributed by atoms with E-state index < -0.39 is 6.10 Å². The lowest BCUT2D eigenvalue weighted by Gasteiger charge is -2.14. The van der Waals surface area contributed by atoms with Gasteiger partial charge in [0.15, 0.2) is 0 Å². The molecule has 1 unspecified atom stereocenters. The number of halogens is 1. The number of alkyl halides is 1. The van der Waals surface area contributed by atoms with Gasteiger partial charge in [-0.3, -0.25) is 4.79 Å². The fourth-order valence-electron chi connectivity index (χ4n) is 0.649. The molecule has 0 aliphatic heterocycles. The maximum atomic E-state index is 11.2. The molecule has 12 heavy (non-hydrogen) atoms. The van der Waals surface area contributed by atoms with Crippen molar-refractivity contribution in [1.29, 1.82) is 0 Å². The first kappa shape index (κ1) is 11.9. The third-order valence-corrected chi connectivity index (χ3v) is 2.88. The van der Waals surface area contributed by atoms with Crippen molar-refractivity contribution in [3.63, 3.8) is 0 Å². The minimum absolute atomic E-state index is 0.0640. The Morgan fingerprint density at radius 2 is 2.00 bits per heavy atom. The molecule has 0 spiro atoms. The van der Waals surface area contributed by atoms with E-state index in [9.17, 15) is 4.79 Å². The molecule has 0 aromatic rings. The van der Waals surface area contributed by atoms with Crippen molar-refractivity contribution in [2.75, 3.05) is 6.54 Å². The van der Waals surface area contributed by atoms with E-state index in [4.69, 9.17) is 5.11 Å². The van der Waals surface area contributed by atoms with E-state index in [0.29, 0.717) is 6.54 Å². The Hall–Kier alpha value is -0.0900. The molecule has 1 amide bonds. The van der Waals surface area contributed by atoms with Gasteiger partial charge in [-0.25, -0.2) is 0 Å². The molecule has 0 aliphatic carbocycles. The summed E-state index contributed by atoms with van der Waals surface area (Å²) >= 11 is 3.26. The van der Waals surface area contributed by atoms with Gasteiger partial charge in [0.2, 0.25) is 5.91 Å². The van der Waals surface area contributed by atoms with Crippen LogP contribution >= 0.6 is 15.9 Å². The summed E-state index contributed by atoms with van der Waals surface area (Å²) in [6, 6.07) is 0. The predicted molar refractivity (Wildman–Crippen MR) is 52.2 cm³/mol. The zero-order valence-corrected chi connectivity index (χ0v) is 9.26. The zero-order valence-electron chi connectivity index (χ0n) is 7.67. The molecule has 4 heteroatoms.